The minimum Gasteiger partial charge on any atom is -0.378 e. The highest BCUT2D eigenvalue weighted by molar-refractivity contribution is 9.09. The molecule has 0 spiro atoms. The summed E-state index contributed by atoms with van der Waals surface area (Å²) in [7, 11) is 0. The molecule has 0 aromatic heterocycles. The van der Waals surface area contributed by atoms with E-state index in [9.17, 15) is 0 Å². The molecular weight excluding hydrogens is 167 g/mol. The highest BCUT2D eigenvalue weighted by Gasteiger charge is 1.91. The van der Waals surface area contributed by atoms with E-state index in [0.717, 1.165) is 5.33 Å². The van der Waals surface area contributed by atoms with Crippen LogP contribution in [0, 0.1) is 0 Å². The smallest absolute Gasteiger partial charge is 0.128 e. The number of halogens is 2. The molecule has 1 unspecified atom stereocenters. The summed E-state index contributed by atoms with van der Waals surface area (Å²) in [5, 5.41) is 9.05. The van der Waals surface area contributed by atoms with Gasteiger partial charge >= 0.3 is 0 Å². The van der Waals surface area contributed by atoms with Crippen LogP contribution in [0.5, 0.6) is 0 Å². The largest absolute Gasteiger partial charge is 0.378 e. The Morgan fingerprint density at radius 2 is 2.33 bits per heavy atom. The van der Waals surface area contributed by atoms with Gasteiger partial charge in [0.05, 0.1) is 0 Å². The van der Waals surface area contributed by atoms with Gasteiger partial charge in [0.1, 0.15) is 5.56 Å². The van der Waals surface area contributed by atoms with Gasteiger partial charge in [-0.2, -0.15) is 0 Å². The van der Waals surface area contributed by atoms with E-state index in [-0.39, 0.29) is 0 Å². The summed E-state index contributed by atoms with van der Waals surface area (Å²) < 4.78 is 0. The van der Waals surface area contributed by atoms with Crippen molar-refractivity contribution in [2.24, 2.45) is 0 Å². The molecule has 38 valence electrons. The van der Waals surface area contributed by atoms with E-state index in [0.29, 0.717) is 6.42 Å². The van der Waals surface area contributed by atoms with Crippen molar-refractivity contribution in [3.8, 4) is 0 Å². The van der Waals surface area contributed by atoms with Crippen molar-refractivity contribution >= 4 is 27.5 Å². The lowest BCUT2D eigenvalue weighted by molar-refractivity contribution is 0.254. The van der Waals surface area contributed by atoms with Crippen LogP contribution < -0.4 is 0 Å². The first-order chi connectivity index (χ1) is 2.77. The Morgan fingerprint density at radius 1 is 1.83 bits per heavy atom. The monoisotopic (exact) mass is 172 g/mol. The number of aliphatic hydroxyl groups excluding tert-OH is 1. The molecule has 0 aliphatic rings. The molecule has 0 bridgehead atoms. The zero-order valence-corrected chi connectivity index (χ0v) is 5.54. The van der Waals surface area contributed by atoms with Crippen molar-refractivity contribution in [2.45, 2.75) is 12.0 Å². The number of hydrogen-bond acceptors (Lipinski definition) is 1. The lowest BCUT2D eigenvalue weighted by atomic mass is 10.5. The Hall–Kier alpha value is 0.730. The van der Waals surface area contributed by atoms with Crippen LogP contribution in [0.2, 0.25) is 0 Å². The maximum atomic E-state index is 8.29. The predicted octanol–water partition coefficient (Wildman–Crippen LogP) is 1.33. The van der Waals surface area contributed by atoms with Gasteiger partial charge in [-0.25, -0.2) is 0 Å². The van der Waals surface area contributed by atoms with Gasteiger partial charge in [-0.3, -0.25) is 0 Å². The molecule has 0 aliphatic heterocycles. The van der Waals surface area contributed by atoms with Gasteiger partial charge in [0.2, 0.25) is 0 Å². The van der Waals surface area contributed by atoms with Crippen molar-refractivity contribution in [3.05, 3.63) is 0 Å². The third-order valence-corrected chi connectivity index (χ3v) is 1.02. The Kier molecular flexibility index (Phi) is 4.38. The molecule has 1 N–H and O–H groups in total. The summed E-state index contributed by atoms with van der Waals surface area (Å²) in [6.07, 6.45) is 0.613. The van der Waals surface area contributed by atoms with Crippen molar-refractivity contribution in [1.29, 1.82) is 0 Å². The minimum absolute atomic E-state index is 0.613. The lowest BCUT2D eigenvalue weighted by Crippen LogP contribution is -1.93. The topological polar surface area (TPSA) is 20.2 Å². The van der Waals surface area contributed by atoms with E-state index in [2.05, 4.69) is 15.9 Å². The van der Waals surface area contributed by atoms with Crippen molar-refractivity contribution < 1.29 is 5.11 Å². The molecule has 0 fully saturated rings. The molecule has 0 rings (SSSR count). The van der Waals surface area contributed by atoms with Gasteiger partial charge in [-0.05, 0) is 6.42 Å². The van der Waals surface area contributed by atoms with Gasteiger partial charge in [0.25, 0.3) is 0 Å². The lowest BCUT2D eigenvalue weighted by Gasteiger charge is -1.91. The summed E-state index contributed by atoms with van der Waals surface area (Å²) in [5.41, 5.74) is -0.677. The van der Waals surface area contributed by atoms with Crippen LogP contribution in [0.3, 0.4) is 0 Å². The molecule has 0 aliphatic carbocycles. The summed E-state index contributed by atoms with van der Waals surface area (Å²) in [6, 6.07) is 0. The molecule has 1 nitrogen and oxygen atoms in total. The van der Waals surface area contributed by atoms with Crippen molar-refractivity contribution in [3.63, 3.8) is 0 Å². The van der Waals surface area contributed by atoms with Gasteiger partial charge in [0.15, 0.2) is 0 Å². The molecule has 0 radical (unpaired) electrons. The highest BCUT2D eigenvalue weighted by atomic mass is 79.9. The summed E-state index contributed by atoms with van der Waals surface area (Å²) in [4.78, 5) is 0. The number of aliphatic hydroxyl groups is 1. The molecule has 3 heteroatoms. The summed E-state index contributed by atoms with van der Waals surface area (Å²) >= 11 is 8.21. The Labute approximate surface area is 50.4 Å². The van der Waals surface area contributed by atoms with E-state index in [1.165, 1.54) is 0 Å². The molecule has 0 heterocycles. The fourth-order valence-electron chi connectivity index (χ4n) is 0.0900. The van der Waals surface area contributed by atoms with Crippen molar-refractivity contribution in [1.82, 2.24) is 0 Å². The molecule has 0 saturated carbocycles. The standard InChI is InChI=1S/C3H6BrClO/c4-2-1-3(5)6/h3,6H,1-2H2. The molecule has 0 amide bonds. The zero-order valence-electron chi connectivity index (χ0n) is 3.19. The second kappa shape index (κ2) is 3.90. The van der Waals surface area contributed by atoms with Crippen LogP contribution in [0.1, 0.15) is 6.42 Å². The second-order valence-corrected chi connectivity index (χ2v) is 2.21. The van der Waals surface area contributed by atoms with Gasteiger partial charge in [-0.1, -0.05) is 27.5 Å². The maximum Gasteiger partial charge on any atom is 0.128 e. The van der Waals surface area contributed by atoms with Crippen LogP contribution >= 0.6 is 27.5 Å². The summed E-state index contributed by atoms with van der Waals surface area (Å²) in [5.74, 6) is 0. The number of rotatable bonds is 2. The van der Waals surface area contributed by atoms with Crippen LogP contribution in [0.25, 0.3) is 0 Å². The molecule has 0 aromatic rings. The van der Waals surface area contributed by atoms with Gasteiger partial charge in [-0.15, -0.1) is 0 Å². The third-order valence-electron chi connectivity index (χ3n) is 0.347. The third kappa shape index (κ3) is 4.73. The quantitative estimate of drug-likeness (QED) is 0.625. The van der Waals surface area contributed by atoms with Crippen LogP contribution in [-0.4, -0.2) is 16.0 Å². The van der Waals surface area contributed by atoms with Crippen LogP contribution in [0.4, 0.5) is 0 Å². The van der Waals surface area contributed by atoms with Gasteiger partial charge < -0.3 is 5.11 Å². The molecule has 0 aromatic carbocycles. The minimum atomic E-state index is -0.677. The number of hydrogen-bond donors (Lipinski definition) is 1. The average Bonchev–Trinajstić information content (AvgIpc) is 1.35. The van der Waals surface area contributed by atoms with E-state index >= 15 is 0 Å². The van der Waals surface area contributed by atoms with E-state index < -0.39 is 5.56 Å². The first-order valence-electron chi connectivity index (χ1n) is 1.65. The fourth-order valence-corrected chi connectivity index (χ4v) is 0.896. The first kappa shape index (κ1) is 6.73. The predicted molar refractivity (Wildman–Crippen MR) is 30.3 cm³/mol. The maximum absolute atomic E-state index is 8.29. The second-order valence-electron chi connectivity index (χ2n) is 0.912. The Morgan fingerprint density at radius 3 is 2.33 bits per heavy atom. The van der Waals surface area contributed by atoms with Crippen molar-refractivity contribution in [2.75, 3.05) is 5.33 Å². The first-order valence-corrected chi connectivity index (χ1v) is 3.21. The normalized spacial score (nSPS) is 14.5. The highest BCUT2D eigenvalue weighted by Crippen LogP contribution is 1.97. The van der Waals surface area contributed by atoms with E-state index in [1.807, 2.05) is 0 Å². The Balaban J connectivity index is 2.63. The SMILES string of the molecule is OC(Cl)CCBr. The van der Waals surface area contributed by atoms with E-state index in [1.54, 1.807) is 0 Å². The van der Waals surface area contributed by atoms with Gasteiger partial charge in [0, 0.05) is 5.33 Å². The zero-order chi connectivity index (χ0) is 4.99. The number of alkyl halides is 2. The summed E-state index contributed by atoms with van der Waals surface area (Å²) in [6.45, 7) is 0. The van der Waals surface area contributed by atoms with Crippen LogP contribution in [-0.2, 0) is 0 Å². The fraction of sp³-hybridized carbons (Fsp3) is 1.00. The average molecular weight is 173 g/mol. The molecule has 1 atom stereocenters. The molecule has 6 heavy (non-hydrogen) atoms. The van der Waals surface area contributed by atoms with E-state index in [4.69, 9.17) is 16.7 Å². The Bertz CT molecular complexity index is 32.0. The molecule has 0 saturated heterocycles. The molecular formula is C3H6BrClO. The van der Waals surface area contributed by atoms with Crippen LogP contribution in [0.15, 0.2) is 0 Å².